The van der Waals surface area contributed by atoms with Gasteiger partial charge in [-0.3, -0.25) is 0 Å². The Labute approximate surface area is 120 Å². The van der Waals surface area contributed by atoms with Crippen LogP contribution in [-0.2, 0) is 13.0 Å². The molecule has 0 bridgehead atoms. The minimum Gasteiger partial charge on any atom is -0.348 e. The van der Waals surface area contributed by atoms with E-state index in [9.17, 15) is 0 Å². The molecule has 0 radical (unpaired) electrons. The van der Waals surface area contributed by atoms with Gasteiger partial charge in [-0.2, -0.15) is 0 Å². The molecular weight excluding hydrogens is 302 g/mol. The zero-order valence-electron chi connectivity index (χ0n) is 10.7. The van der Waals surface area contributed by atoms with Gasteiger partial charge in [0.15, 0.2) is 0 Å². The summed E-state index contributed by atoms with van der Waals surface area (Å²) in [5.74, 6) is 0.913. The molecule has 0 saturated heterocycles. The molecule has 96 valence electrons. The first-order valence-electron chi connectivity index (χ1n) is 6.31. The normalized spacial score (nSPS) is 11.1. The summed E-state index contributed by atoms with van der Waals surface area (Å²) in [4.78, 5) is 8.97. The molecule has 0 N–H and O–H groups in total. The van der Waals surface area contributed by atoms with Crippen LogP contribution in [0.5, 0.6) is 0 Å². The fraction of sp³-hybridized carbons (Fsp3) is 0.200. The number of pyridine rings is 1. The molecule has 3 nitrogen and oxygen atoms in total. The Morgan fingerprint density at radius 2 is 1.79 bits per heavy atom. The van der Waals surface area contributed by atoms with Crippen LogP contribution in [0.2, 0.25) is 0 Å². The molecular formula is C15H14BrN3. The van der Waals surface area contributed by atoms with E-state index < -0.39 is 0 Å². The van der Waals surface area contributed by atoms with Gasteiger partial charge >= 0.3 is 0 Å². The fourth-order valence-corrected chi connectivity index (χ4v) is 2.32. The van der Waals surface area contributed by atoms with E-state index in [4.69, 9.17) is 0 Å². The molecule has 2 aliphatic rings. The van der Waals surface area contributed by atoms with Gasteiger partial charge in [0.25, 0.3) is 0 Å². The molecule has 3 rings (SSSR count). The average molecular weight is 316 g/mol. The van der Waals surface area contributed by atoms with Gasteiger partial charge in [-0.25, -0.2) is 9.97 Å². The van der Waals surface area contributed by atoms with Crippen LogP contribution in [0.25, 0.3) is 11.4 Å². The van der Waals surface area contributed by atoms with Crippen molar-refractivity contribution in [2.24, 2.45) is 0 Å². The highest BCUT2D eigenvalue weighted by Crippen LogP contribution is 2.19. The highest BCUT2D eigenvalue weighted by molar-refractivity contribution is 9.10. The standard InChI is InChI=1S/C15H14BrN3/c1-2-15-17-13-7-8-19(10-14(13)18-15)9-11-3-5-12(16)6-4-11/h3-8,10H,2,9H2,1H3. The second kappa shape index (κ2) is 5.13. The molecule has 1 aromatic carbocycles. The Morgan fingerprint density at radius 1 is 1.05 bits per heavy atom. The van der Waals surface area contributed by atoms with Crippen molar-refractivity contribution in [2.75, 3.05) is 0 Å². The number of hydrogen-bond acceptors (Lipinski definition) is 2. The number of aromatic nitrogens is 3. The van der Waals surface area contributed by atoms with E-state index in [1.165, 1.54) is 5.56 Å². The summed E-state index contributed by atoms with van der Waals surface area (Å²) in [5, 5.41) is 0. The lowest BCUT2D eigenvalue weighted by molar-refractivity contribution is 0.789. The Balaban J connectivity index is 1.89. The van der Waals surface area contributed by atoms with Gasteiger partial charge in [-0.1, -0.05) is 35.0 Å². The number of fused-ring (bicyclic) bond motifs is 1. The van der Waals surface area contributed by atoms with Crippen molar-refractivity contribution >= 4 is 15.9 Å². The second-order valence-electron chi connectivity index (χ2n) is 4.51. The Morgan fingerprint density at radius 3 is 2.53 bits per heavy atom. The van der Waals surface area contributed by atoms with Crippen LogP contribution < -0.4 is 0 Å². The quantitative estimate of drug-likeness (QED) is 0.737. The van der Waals surface area contributed by atoms with Crippen LogP contribution in [0, 0.1) is 0 Å². The molecule has 19 heavy (non-hydrogen) atoms. The first-order valence-corrected chi connectivity index (χ1v) is 7.11. The fourth-order valence-electron chi connectivity index (χ4n) is 2.06. The number of halogens is 1. The Kier molecular flexibility index (Phi) is 3.34. The van der Waals surface area contributed by atoms with Crippen molar-refractivity contribution in [1.82, 2.24) is 14.5 Å². The van der Waals surface area contributed by atoms with Crippen LogP contribution in [0.4, 0.5) is 0 Å². The molecule has 2 aliphatic heterocycles. The molecule has 0 aromatic heterocycles. The van der Waals surface area contributed by atoms with Crippen molar-refractivity contribution < 1.29 is 0 Å². The monoisotopic (exact) mass is 315 g/mol. The maximum Gasteiger partial charge on any atom is 0.129 e. The largest absolute Gasteiger partial charge is 0.348 e. The van der Waals surface area contributed by atoms with Crippen LogP contribution >= 0.6 is 15.9 Å². The van der Waals surface area contributed by atoms with Gasteiger partial charge in [-0.05, 0) is 23.8 Å². The summed E-state index contributed by atoms with van der Waals surface area (Å²) in [7, 11) is 0. The first kappa shape index (κ1) is 12.4. The van der Waals surface area contributed by atoms with Gasteiger partial charge in [0.2, 0.25) is 0 Å². The van der Waals surface area contributed by atoms with Crippen molar-refractivity contribution in [2.45, 2.75) is 19.9 Å². The van der Waals surface area contributed by atoms with Crippen molar-refractivity contribution in [3.05, 3.63) is 58.6 Å². The lowest BCUT2D eigenvalue weighted by atomic mass is 10.2. The van der Waals surface area contributed by atoms with Gasteiger partial charge in [0.1, 0.15) is 11.5 Å². The maximum absolute atomic E-state index is 4.51. The molecule has 1 aromatic rings. The van der Waals surface area contributed by atoms with E-state index in [1.807, 2.05) is 6.07 Å². The minimum absolute atomic E-state index is 0.845. The molecule has 0 amide bonds. The third-order valence-corrected chi connectivity index (χ3v) is 3.60. The van der Waals surface area contributed by atoms with Gasteiger partial charge < -0.3 is 4.57 Å². The van der Waals surface area contributed by atoms with E-state index in [0.717, 1.165) is 34.7 Å². The number of rotatable bonds is 3. The van der Waals surface area contributed by atoms with E-state index in [-0.39, 0.29) is 0 Å². The lowest BCUT2D eigenvalue weighted by Crippen LogP contribution is -2.00. The molecule has 0 saturated carbocycles. The van der Waals surface area contributed by atoms with Crippen LogP contribution in [-0.4, -0.2) is 14.5 Å². The molecule has 0 unspecified atom stereocenters. The number of imidazole rings is 1. The summed E-state index contributed by atoms with van der Waals surface area (Å²) < 4.78 is 3.24. The van der Waals surface area contributed by atoms with E-state index in [2.05, 4.69) is 74.0 Å². The minimum atomic E-state index is 0.845. The first-order chi connectivity index (χ1) is 9.24. The summed E-state index contributed by atoms with van der Waals surface area (Å²) in [5.41, 5.74) is 3.21. The lowest BCUT2D eigenvalue weighted by Gasteiger charge is -2.08. The Hall–Kier alpha value is -1.68. The van der Waals surface area contributed by atoms with E-state index in [0.29, 0.717) is 0 Å². The molecule has 0 aliphatic carbocycles. The number of aryl methyl sites for hydroxylation is 1. The van der Waals surface area contributed by atoms with E-state index in [1.54, 1.807) is 0 Å². The maximum atomic E-state index is 4.51. The summed E-state index contributed by atoms with van der Waals surface area (Å²) in [6.45, 7) is 2.92. The van der Waals surface area contributed by atoms with Gasteiger partial charge in [0.05, 0.1) is 5.69 Å². The SMILES string of the molecule is CCc1nc2ccn(Cc3ccc(Br)cc3)cc-2n1. The Bertz CT molecular complexity index is 658. The highest BCUT2D eigenvalue weighted by atomic mass is 79.9. The van der Waals surface area contributed by atoms with E-state index >= 15 is 0 Å². The zero-order chi connectivity index (χ0) is 13.2. The summed E-state index contributed by atoms with van der Waals surface area (Å²) in [6.07, 6.45) is 4.99. The van der Waals surface area contributed by atoms with Crippen molar-refractivity contribution in [3.8, 4) is 11.4 Å². The average Bonchev–Trinajstić information content (AvgIpc) is 2.83. The summed E-state index contributed by atoms with van der Waals surface area (Å²) in [6, 6.07) is 10.4. The second-order valence-corrected chi connectivity index (χ2v) is 5.42. The third kappa shape index (κ3) is 2.68. The number of nitrogens with zero attached hydrogens (tertiary/aromatic N) is 3. The van der Waals surface area contributed by atoms with Gasteiger partial charge in [0, 0.05) is 29.8 Å². The molecule has 0 spiro atoms. The predicted octanol–water partition coefficient (Wildman–Crippen LogP) is 3.76. The third-order valence-electron chi connectivity index (χ3n) is 3.07. The number of benzene rings is 1. The van der Waals surface area contributed by atoms with Gasteiger partial charge in [-0.15, -0.1) is 0 Å². The molecule has 2 heterocycles. The van der Waals surface area contributed by atoms with Crippen LogP contribution in [0.3, 0.4) is 0 Å². The molecule has 0 atom stereocenters. The van der Waals surface area contributed by atoms with Crippen molar-refractivity contribution in [3.63, 3.8) is 0 Å². The number of hydrogen-bond donors (Lipinski definition) is 0. The highest BCUT2D eigenvalue weighted by Gasteiger charge is 2.09. The smallest absolute Gasteiger partial charge is 0.129 e. The summed E-state index contributed by atoms with van der Waals surface area (Å²) >= 11 is 3.45. The molecule has 4 heteroatoms. The molecule has 0 fully saturated rings. The topological polar surface area (TPSA) is 30.7 Å². The predicted molar refractivity (Wildman–Crippen MR) is 79.3 cm³/mol. The van der Waals surface area contributed by atoms with Crippen LogP contribution in [0.1, 0.15) is 18.3 Å². The van der Waals surface area contributed by atoms with Crippen molar-refractivity contribution in [1.29, 1.82) is 0 Å². The van der Waals surface area contributed by atoms with Crippen LogP contribution in [0.15, 0.2) is 47.2 Å². The zero-order valence-corrected chi connectivity index (χ0v) is 12.3.